The number of anilines is 1. The quantitative estimate of drug-likeness (QED) is 0.779. The molecule has 2 N–H and O–H groups in total. The molecule has 0 atom stereocenters. The van der Waals surface area contributed by atoms with E-state index >= 15 is 0 Å². The van der Waals surface area contributed by atoms with Crippen LogP contribution in [0.3, 0.4) is 0 Å². The van der Waals surface area contributed by atoms with Crippen molar-refractivity contribution in [3.05, 3.63) is 36.2 Å². The number of hydrogen-bond acceptors (Lipinski definition) is 4. The van der Waals surface area contributed by atoms with Gasteiger partial charge in [0.1, 0.15) is 0 Å². The Labute approximate surface area is 94.1 Å². The fourth-order valence-electron chi connectivity index (χ4n) is 1.39. The highest BCUT2D eigenvalue weighted by atomic mass is 16.5. The first kappa shape index (κ1) is 10.4. The van der Waals surface area contributed by atoms with Crippen LogP contribution in [0.2, 0.25) is 0 Å². The molecule has 2 rings (SSSR count). The summed E-state index contributed by atoms with van der Waals surface area (Å²) in [5, 5.41) is 0. The summed E-state index contributed by atoms with van der Waals surface area (Å²) in [6.45, 7) is 1.98. The second-order valence-corrected chi connectivity index (χ2v) is 3.53. The molecule has 4 heteroatoms. The topological polar surface area (TPSA) is 61.0 Å². The average molecular weight is 215 g/mol. The lowest BCUT2D eigenvalue weighted by atomic mass is 10.1. The van der Waals surface area contributed by atoms with Crippen LogP contribution < -0.4 is 10.5 Å². The predicted octanol–water partition coefficient (Wildman–Crippen LogP) is 2.04. The van der Waals surface area contributed by atoms with Gasteiger partial charge in [-0.1, -0.05) is 12.1 Å². The van der Waals surface area contributed by atoms with Crippen molar-refractivity contribution < 1.29 is 4.74 Å². The minimum absolute atomic E-state index is 0.365. The number of ether oxygens (including phenoxy) is 1. The summed E-state index contributed by atoms with van der Waals surface area (Å²) in [4.78, 5) is 8.10. The van der Waals surface area contributed by atoms with Gasteiger partial charge in [0.05, 0.1) is 7.11 Å². The number of rotatable bonds is 2. The van der Waals surface area contributed by atoms with Gasteiger partial charge in [0.2, 0.25) is 0 Å². The van der Waals surface area contributed by atoms with Crippen molar-refractivity contribution in [3.8, 4) is 17.1 Å². The standard InChI is InChI=1S/C12H13N3O/c1-8-3-4-9(5-11(8)13)10-6-14-12(16-2)15-7-10/h3-7H,13H2,1-2H3. The number of nitrogen functional groups attached to an aromatic ring is 1. The zero-order chi connectivity index (χ0) is 11.5. The third-order valence-electron chi connectivity index (χ3n) is 2.42. The highest BCUT2D eigenvalue weighted by Crippen LogP contribution is 2.22. The molecule has 0 unspecified atom stereocenters. The summed E-state index contributed by atoms with van der Waals surface area (Å²) >= 11 is 0. The van der Waals surface area contributed by atoms with Gasteiger partial charge >= 0.3 is 6.01 Å². The normalized spacial score (nSPS) is 10.1. The van der Waals surface area contributed by atoms with Gasteiger partial charge in [-0.15, -0.1) is 0 Å². The summed E-state index contributed by atoms with van der Waals surface area (Å²) in [6, 6.07) is 6.26. The Balaban J connectivity index is 2.38. The summed E-state index contributed by atoms with van der Waals surface area (Å²) in [5.41, 5.74) is 9.62. The van der Waals surface area contributed by atoms with E-state index < -0.39 is 0 Å². The maximum Gasteiger partial charge on any atom is 0.316 e. The van der Waals surface area contributed by atoms with Crippen LogP contribution in [0.25, 0.3) is 11.1 Å². The molecule has 0 bridgehead atoms. The molecule has 0 saturated carbocycles. The number of aromatic nitrogens is 2. The van der Waals surface area contributed by atoms with Crippen LogP contribution in [0.5, 0.6) is 6.01 Å². The first-order valence-electron chi connectivity index (χ1n) is 4.93. The van der Waals surface area contributed by atoms with E-state index in [2.05, 4.69) is 9.97 Å². The van der Waals surface area contributed by atoms with E-state index in [1.807, 2.05) is 25.1 Å². The molecule has 0 aliphatic heterocycles. The number of aryl methyl sites for hydroxylation is 1. The fraction of sp³-hybridized carbons (Fsp3) is 0.167. The molecule has 2 aromatic rings. The minimum Gasteiger partial charge on any atom is -0.467 e. The summed E-state index contributed by atoms with van der Waals surface area (Å²) in [7, 11) is 1.54. The molecule has 1 aromatic carbocycles. The molecule has 0 aliphatic carbocycles. The van der Waals surface area contributed by atoms with Crippen LogP contribution in [0, 0.1) is 6.92 Å². The molecule has 0 fully saturated rings. The van der Waals surface area contributed by atoms with E-state index in [0.717, 1.165) is 22.4 Å². The maximum absolute atomic E-state index is 5.85. The Morgan fingerprint density at radius 1 is 1.12 bits per heavy atom. The van der Waals surface area contributed by atoms with Gasteiger partial charge in [-0.3, -0.25) is 0 Å². The molecule has 16 heavy (non-hydrogen) atoms. The molecule has 1 heterocycles. The smallest absolute Gasteiger partial charge is 0.316 e. The molecule has 0 radical (unpaired) electrons. The van der Waals surface area contributed by atoms with E-state index in [1.54, 1.807) is 19.5 Å². The van der Waals surface area contributed by atoms with E-state index in [0.29, 0.717) is 6.01 Å². The first-order chi connectivity index (χ1) is 7.70. The molecular weight excluding hydrogens is 202 g/mol. The van der Waals surface area contributed by atoms with Gasteiger partial charge in [0.15, 0.2) is 0 Å². The number of methoxy groups -OCH3 is 1. The molecule has 0 saturated heterocycles. The molecule has 0 aliphatic rings. The number of nitrogens with two attached hydrogens (primary N) is 1. The Hall–Kier alpha value is -2.10. The Morgan fingerprint density at radius 2 is 1.81 bits per heavy atom. The van der Waals surface area contributed by atoms with Crippen molar-refractivity contribution in [2.75, 3.05) is 12.8 Å². The molecule has 0 amide bonds. The van der Waals surface area contributed by atoms with Gasteiger partial charge < -0.3 is 10.5 Å². The van der Waals surface area contributed by atoms with Crippen molar-refractivity contribution in [1.29, 1.82) is 0 Å². The minimum atomic E-state index is 0.365. The van der Waals surface area contributed by atoms with Gasteiger partial charge in [-0.05, 0) is 24.1 Å². The largest absolute Gasteiger partial charge is 0.467 e. The average Bonchev–Trinajstić information content (AvgIpc) is 2.33. The fourth-order valence-corrected chi connectivity index (χ4v) is 1.39. The number of hydrogen-bond donors (Lipinski definition) is 1. The molecule has 1 aromatic heterocycles. The predicted molar refractivity (Wildman–Crippen MR) is 63.2 cm³/mol. The van der Waals surface area contributed by atoms with Crippen molar-refractivity contribution in [1.82, 2.24) is 9.97 Å². The zero-order valence-corrected chi connectivity index (χ0v) is 9.27. The lowest BCUT2D eigenvalue weighted by molar-refractivity contribution is 0.380. The highest BCUT2D eigenvalue weighted by Gasteiger charge is 2.02. The summed E-state index contributed by atoms with van der Waals surface area (Å²) in [6.07, 6.45) is 3.44. The van der Waals surface area contributed by atoms with Gasteiger partial charge in [-0.2, -0.15) is 0 Å². The van der Waals surface area contributed by atoms with Crippen molar-refractivity contribution in [3.63, 3.8) is 0 Å². The molecular formula is C12H13N3O. The summed E-state index contributed by atoms with van der Waals surface area (Å²) in [5.74, 6) is 0. The van der Waals surface area contributed by atoms with Gasteiger partial charge in [0, 0.05) is 23.6 Å². The van der Waals surface area contributed by atoms with Crippen molar-refractivity contribution >= 4 is 5.69 Å². The maximum atomic E-state index is 5.85. The molecule has 0 spiro atoms. The van der Waals surface area contributed by atoms with E-state index in [4.69, 9.17) is 10.5 Å². The van der Waals surface area contributed by atoms with Crippen molar-refractivity contribution in [2.24, 2.45) is 0 Å². The Bertz CT molecular complexity index is 494. The third kappa shape index (κ3) is 1.95. The second-order valence-electron chi connectivity index (χ2n) is 3.53. The van der Waals surface area contributed by atoms with Gasteiger partial charge in [0.25, 0.3) is 0 Å². The van der Waals surface area contributed by atoms with Crippen molar-refractivity contribution in [2.45, 2.75) is 6.92 Å². The first-order valence-corrected chi connectivity index (χ1v) is 4.93. The Kier molecular flexibility index (Phi) is 2.72. The lowest BCUT2D eigenvalue weighted by Gasteiger charge is -2.05. The van der Waals surface area contributed by atoms with Crippen LogP contribution >= 0.6 is 0 Å². The van der Waals surface area contributed by atoms with Crippen LogP contribution in [0.4, 0.5) is 5.69 Å². The monoisotopic (exact) mass is 215 g/mol. The van der Waals surface area contributed by atoms with Crippen LogP contribution in [0.1, 0.15) is 5.56 Å². The summed E-state index contributed by atoms with van der Waals surface area (Å²) < 4.78 is 4.90. The Morgan fingerprint density at radius 3 is 2.38 bits per heavy atom. The van der Waals surface area contributed by atoms with Gasteiger partial charge in [-0.25, -0.2) is 9.97 Å². The highest BCUT2D eigenvalue weighted by molar-refractivity contribution is 5.67. The third-order valence-corrected chi connectivity index (χ3v) is 2.42. The molecule has 82 valence electrons. The van der Waals surface area contributed by atoms with Crippen LogP contribution in [-0.4, -0.2) is 17.1 Å². The number of nitrogens with zero attached hydrogens (tertiary/aromatic N) is 2. The van der Waals surface area contributed by atoms with Crippen LogP contribution in [0.15, 0.2) is 30.6 Å². The number of benzene rings is 1. The lowest BCUT2D eigenvalue weighted by Crippen LogP contribution is -1.93. The molecule has 4 nitrogen and oxygen atoms in total. The van der Waals surface area contributed by atoms with E-state index in [-0.39, 0.29) is 0 Å². The second kappa shape index (κ2) is 4.18. The van der Waals surface area contributed by atoms with Crippen LogP contribution in [-0.2, 0) is 0 Å². The van der Waals surface area contributed by atoms with E-state index in [9.17, 15) is 0 Å². The van der Waals surface area contributed by atoms with E-state index in [1.165, 1.54) is 0 Å². The zero-order valence-electron chi connectivity index (χ0n) is 9.27. The SMILES string of the molecule is COc1ncc(-c2ccc(C)c(N)c2)cn1.